The van der Waals surface area contributed by atoms with Gasteiger partial charge in [-0.05, 0) is 60.5 Å². The standard InChI is InChI=1S/C29H20F6N4O3/c1-14-37-24(29(33,34)35)13-39(14)22-8-6-17(16-4-3-5-19(10-16)27(36)40)11-20(22)25-26(41-15(2)38-25)18-7-9-23(21(30)12-18)42-28(31)32/h3-13,28H,1-2H3,(H2,36,40). The normalized spacial score (nSPS) is 11.7. The largest absolute Gasteiger partial charge is 0.440 e. The molecule has 2 aromatic heterocycles. The van der Waals surface area contributed by atoms with E-state index in [1.807, 2.05) is 0 Å². The molecule has 42 heavy (non-hydrogen) atoms. The van der Waals surface area contributed by atoms with Gasteiger partial charge in [0.25, 0.3) is 0 Å². The van der Waals surface area contributed by atoms with E-state index in [9.17, 15) is 31.1 Å². The summed E-state index contributed by atoms with van der Waals surface area (Å²) in [5.74, 6) is -2.25. The van der Waals surface area contributed by atoms with Gasteiger partial charge in [-0.3, -0.25) is 4.79 Å². The van der Waals surface area contributed by atoms with Gasteiger partial charge < -0.3 is 19.5 Å². The fourth-order valence-electron chi connectivity index (χ4n) is 4.46. The summed E-state index contributed by atoms with van der Waals surface area (Å²) < 4.78 is 91.7. The highest BCUT2D eigenvalue weighted by Crippen LogP contribution is 2.40. The molecule has 5 rings (SSSR count). The van der Waals surface area contributed by atoms with Crippen molar-refractivity contribution in [3.05, 3.63) is 95.7 Å². The first-order chi connectivity index (χ1) is 19.8. The summed E-state index contributed by atoms with van der Waals surface area (Å²) in [7, 11) is 0. The number of nitrogens with zero attached hydrogens (tertiary/aromatic N) is 3. The predicted molar refractivity (Wildman–Crippen MR) is 140 cm³/mol. The molecule has 0 aliphatic heterocycles. The lowest BCUT2D eigenvalue weighted by atomic mass is 9.97. The first-order valence-corrected chi connectivity index (χ1v) is 12.2. The number of imidazole rings is 1. The molecular formula is C29H20F6N4O3. The molecule has 0 radical (unpaired) electrons. The molecule has 3 aromatic carbocycles. The van der Waals surface area contributed by atoms with Gasteiger partial charge in [0.05, 0.1) is 5.69 Å². The molecule has 0 atom stereocenters. The molecule has 0 spiro atoms. The molecule has 216 valence electrons. The first-order valence-electron chi connectivity index (χ1n) is 12.2. The van der Waals surface area contributed by atoms with Crippen LogP contribution in [-0.2, 0) is 6.18 Å². The first kappa shape index (κ1) is 28.5. The van der Waals surface area contributed by atoms with Crippen molar-refractivity contribution in [2.24, 2.45) is 5.73 Å². The number of aromatic nitrogens is 3. The van der Waals surface area contributed by atoms with Crippen LogP contribution < -0.4 is 10.5 Å². The van der Waals surface area contributed by atoms with E-state index in [0.29, 0.717) is 11.1 Å². The van der Waals surface area contributed by atoms with Crippen molar-refractivity contribution in [3.63, 3.8) is 0 Å². The van der Waals surface area contributed by atoms with E-state index in [1.165, 1.54) is 30.5 Å². The zero-order valence-corrected chi connectivity index (χ0v) is 21.8. The van der Waals surface area contributed by atoms with Crippen LogP contribution >= 0.6 is 0 Å². The molecule has 2 heterocycles. The van der Waals surface area contributed by atoms with Gasteiger partial charge in [0.2, 0.25) is 5.91 Å². The number of hydrogen-bond acceptors (Lipinski definition) is 5. The van der Waals surface area contributed by atoms with E-state index in [2.05, 4.69) is 14.7 Å². The Morgan fingerprint density at radius 2 is 1.69 bits per heavy atom. The van der Waals surface area contributed by atoms with Gasteiger partial charge in [0, 0.05) is 29.8 Å². The highest BCUT2D eigenvalue weighted by atomic mass is 19.4. The molecule has 2 N–H and O–H groups in total. The molecule has 5 aromatic rings. The van der Waals surface area contributed by atoms with Gasteiger partial charge in [-0.2, -0.15) is 22.0 Å². The maximum absolute atomic E-state index is 14.7. The summed E-state index contributed by atoms with van der Waals surface area (Å²) in [4.78, 5) is 19.9. The number of rotatable bonds is 7. The molecule has 0 saturated heterocycles. The fourth-order valence-corrected chi connectivity index (χ4v) is 4.46. The van der Waals surface area contributed by atoms with E-state index in [1.54, 1.807) is 36.4 Å². The Bertz CT molecular complexity index is 1810. The molecule has 0 aliphatic carbocycles. The molecule has 0 aliphatic rings. The maximum Gasteiger partial charge on any atom is 0.434 e. The molecule has 7 nitrogen and oxygen atoms in total. The predicted octanol–water partition coefficient (Wildman–Crippen LogP) is 7.34. The lowest BCUT2D eigenvalue weighted by Gasteiger charge is -2.14. The third-order valence-corrected chi connectivity index (χ3v) is 6.31. The fraction of sp³-hybridized carbons (Fsp3) is 0.138. The summed E-state index contributed by atoms with van der Waals surface area (Å²) in [6, 6.07) is 14.4. The molecular weight excluding hydrogens is 566 g/mol. The Kier molecular flexibility index (Phi) is 7.27. The monoisotopic (exact) mass is 586 g/mol. The van der Waals surface area contributed by atoms with Crippen LogP contribution in [0.5, 0.6) is 5.75 Å². The number of ether oxygens (including phenoxy) is 1. The van der Waals surface area contributed by atoms with E-state index < -0.39 is 36.0 Å². The molecule has 1 amide bonds. The summed E-state index contributed by atoms with van der Waals surface area (Å²) in [6.45, 7) is -0.330. The Hall–Kier alpha value is -5.07. The average molecular weight is 586 g/mol. The minimum absolute atomic E-state index is 0.0214. The molecule has 0 fully saturated rings. The second kappa shape index (κ2) is 10.7. The quantitative estimate of drug-likeness (QED) is 0.201. The third kappa shape index (κ3) is 5.57. The van der Waals surface area contributed by atoms with Crippen molar-refractivity contribution in [2.75, 3.05) is 0 Å². The number of benzene rings is 3. The van der Waals surface area contributed by atoms with E-state index in [4.69, 9.17) is 10.2 Å². The number of amides is 1. The van der Waals surface area contributed by atoms with Crippen molar-refractivity contribution >= 4 is 5.91 Å². The smallest absolute Gasteiger partial charge is 0.434 e. The molecule has 0 bridgehead atoms. The summed E-state index contributed by atoms with van der Waals surface area (Å²) in [6.07, 6.45) is -3.87. The van der Waals surface area contributed by atoms with Gasteiger partial charge in [-0.1, -0.05) is 18.2 Å². The molecule has 13 heteroatoms. The number of oxazole rings is 1. The van der Waals surface area contributed by atoms with Crippen LogP contribution in [0.2, 0.25) is 0 Å². The van der Waals surface area contributed by atoms with Crippen molar-refractivity contribution in [1.82, 2.24) is 14.5 Å². The van der Waals surface area contributed by atoms with Gasteiger partial charge >= 0.3 is 12.8 Å². The summed E-state index contributed by atoms with van der Waals surface area (Å²) in [5, 5.41) is 0. The van der Waals surface area contributed by atoms with Crippen LogP contribution in [-0.4, -0.2) is 27.1 Å². The van der Waals surface area contributed by atoms with Crippen LogP contribution in [0.4, 0.5) is 26.3 Å². The SMILES string of the molecule is Cc1nc(-c2cc(-c3cccc(C(N)=O)c3)ccc2-n2cc(C(F)(F)F)nc2C)c(-c2ccc(OC(F)F)c(F)c2)o1. The summed E-state index contributed by atoms with van der Waals surface area (Å²) in [5.41, 5.74) is 6.40. The van der Waals surface area contributed by atoms with Gasteiger partial charge in [0.1, 0.15) is 11.5 Å². The highest BCUT2D eigenvalue weighted by Gasteiger charge is 2.35. The van der Waals surface area contributed by atoms with Crippen molar-refractivity contribution < 1.29 is 40.3 Å². The Morgan fingerprint density at radius 3 is 2.33 bits per heavy atom. The van der Waals surface area contributed by atoms with Crippen LogP contribution in [0, 0.1) is 19.7 Å². The zero-order chi connectivity index (χ0) is 30.3. The number of carbonyl (C=O) groups excluding carboxylic acids is 1. The Balaban J connectivity index is 1.74. The van der Waals surface area contributed by atoms with Crippen LogP contribution in [0.25, 0.3) is 39.4 Å². The number of halogens is 6. The van der Waals surface area contributed by atoms with Crippen LogP contribution in [0.15, 0.2) is 71.3 Å². The number of alkyl halides is 5. The van der Waals surface area contributed by atoms with E-state index in [0.717, 1.165) is 18.3 Å². The zero-order valence-electron chi connectivity index (χ0n) is 21.8. The second-order valence-corrected chi connectivity index (χ2v) is 9.15. The number of aryl methyl sites for hydroxylation is 2. The van der Waals surface area contributed by atoms with Crippen LogP contribution in [0.1, 0.15) is 27.8 Å². The summed E-state index contributed by atoms with van der Waals surface area (Å²) >= 11 is 0. The Morgan fingerprint density at radius 1 is 0.976 bits per heavy atom. The molecule has 0 saturated carbocycles. The van der Waals surface area contributed by atoms with Crippen LogP contribution in [0.3, 0.4) is 0 Å². The topological polar surface area (TPSA) is 96.2 Å². The lowest BCUT2D eigenvalue weighted by molar-refractivity contribution is -0.141. The number of primary amides is 1. The van der Waals surface area contributed by atoms with Crippen molar-refractivity contribution in [1.29, 1.82) is 0 Å². The minimum Gasteiger partial charge on any atom is -0.440 e. The van der Waals surface area contributed by atoms with Gasteiger partial charge in [0.15, 0.2) is 28.9 Å². The van der Waals surface area contributed by atoms with Crippen molar-refractivity contribution in [3.8, 4) is 45.1 Å². The van der Waals surface area contributed by atoms with E-state index >= 15 is 0 Å². The minimum atomic E-state index is -4.71. The number of hydrogen-bond donors (Lipinski definition) is 1. The third-order valence-electron chi connectivity index (χ3n) is 6.31. The number of carbonyl (C=O) groups is 1. The second-order valence-electron chi connectivity index (χ2n) is 9.15. The van der Waals surface area contributed by atoms with Crippen molar-refractivity contribution in [2.45, 2.75) is 26.6 Å². The highest BCUT2D eigenvalue weighted by molar-refractivity contribution is 5.94. The maximum atomic E-state index is 14.7. The van der Waals surface area contributed by atoms with Gasteiger partial charge in [-0.25, -0.2) is 14.4 Å². The Labute approximate surface area is 234 Å². The lowest BCUT2D eigenvalue weighted by Crippen LogP contribution is -2.10. The molecule has 0 unspecified atom stereocenters. The van der Waals surface area contributed by atoms with E-state index in [-0.39, 0.29) is 45.5 Å². The average Bonchev–Trinajstić information content (AvgIpc) is 3.52. The van der Waals surface area contributed by atoms with Gasteiger partial charge in [-0.15, -0.1) is 0 Å². The number of nitrogens with two attached hydrogens (primary N) is 1.